The van der Waals surface area contributed by atoms with Crippen molar-refractivity contribution in [2.24, 2.45) is 5.92 Å². The first kappa shape index (κ1) is 17.7. The third-order valence-corrected chi connectivity index (χ3v) is 6.15. The van der Waals surface area contributed by atoms with Gasteiger partial charge >= 0.3 is 0 Å². The Hall–Kier alpha value is -0.630. The third-order valence-electron chi connectivity index (χ3n) is 4.11. The van der Waals surface area contributed by atoms with Crippen LogP contribution in [0.5, 0.6) is 0 Å². The average Bonchev–Trinajstić information content (AvgIpc) is 2.93. The number of hydrogen-bond donors (Lipinski definition) is 1. The van der Waals surface area contributed by atoms with Crippen LogP contribution < -0.4 is 5.32 Å². The molecule has 7 heteroatoms. The molecule has 1 N–H and O–H groups in total. The van der Waals surface area contributed by atoms with Crippen molar-refractivity contribution in [2.45, 2.75) is 24.3 Å². The Balaban J connectivity index is 1.88. The van der Waals surface area contributed by atoms with E-state index in [4.69, 9.17) is 0 Å². The second kappa shape index (κ2) is 7.29. The van der Waals surface area contributed by atoms with Crippen molar-refractivity contribution in [3.05, 3.63) is 29.6 Å². The Labute approximate surface area is 136 Å². The van der Waals surface area contributed by atoms with Crippen molar-refractivity contribution in [1.82, 2.24) is 9.62 Å². The molecule has 124 valence electrons. The molecule has 0 spiro atoms. The molecule has 1 aromatic rings. The molecule has 1 heterocycles. The number of halogens is 1. The number of nitrogens with zero attached hydrogens (tertiary/aromatic N) is 1. The van der Waals surface area contributed by atoms with Gasteiger partial charge in [0.15, 0.2) is 0 Å². The number of hydrogen-bond acceptors (Lipinski definition) is 4. The van der Waals surface area contributed by atoms with E-state index in [1.54, 1.807) is 12.1 Å². The minimum absolute atomic E-state index is 0.0395. The quantitative estimate of drug-likeness (QED) is 0.804. The lowest BCUT2D eigenvalue weighted by atomic mass is 10.1. The zero-order valence-corrected chi connectivity index (χ0v) is 14.8. The van der Waals surface area contributed by atoms with Crippen LogP contribution in [0.15, 0.2) is 23.1 Å². The van der Waals surface area contributed by atoms with Crippen molar-refractivity contribution in [3.8, 4) is 0 Å². The standard InChI is InChI=1S/C15H23FN2O2S2/c1-11(13-4-5-15(21-2)14(16)8-13)17-9-12-6-7-18(10-12)22(3,19)20/h4-5,8,11-12,17H,6-7,9-10H2,1-3H3. The monoisotopic (exact) mass is 346 g/mol. The van der Waals surface area contributed by atoms with Gasteiger partial charge in [-0.3, -0.25) is 0 Å². The molecule has 1 saturated heterocycles. The summed E-state index contributed by atoms with van der Waals surface area (Å²) in [4.78, 5) is 0.649. The van der Waals surface area contributed by atoms with Gasteiger partial charge in [0.25, 0.3) is 0 Å². The molecule has 2 rings (SSSR count). The van der Waals surface area contributed by atoms with E-state index < -0.39 is 10.0 Å². The van der Waals surface area contributed by atoms with Gasteiger partial charge in [0.1, 0.15) is 5.82 Å². The van der Waals surface area contributed by atoms with Crippen molar-refractivity contribution < 1.29 is 12.8 Å². The van der Waals surface area contributed by atoms with Crippen molar-refractivity contribution >= 4 is 21.8 Å². The Morgan fingerprint density at radius 3 is 2.77 bits per heavy atom. The van der Waals surface area contributed by atoms with E-state index in [2.05, 4.69) is 5.32 Å². The lowest BCUT2D eigenvalue weighted by Gasteiger charge is -2.18. The first-order chi connectivity index (χ1) is 10.3. The zero-order chi connectivity index (χ0) is 16.3. The van der Waals surface area contributed by atoms with Crippen molar-refractivity contribution in [2.75, 3.05) is 32.1 Å². The van der Waals surface area contributed by atoms with E-state index in [9.17, 15) is 12.8 Å². The van der Waals surface area contributed by atoms with Crippen LogP contribution in [0.4, 0.5) is 4.39 Å². The number of thioether (sulfide) groups is 1. The number of nitrogens with one attached hydrogen (secondary N) is 1. The summed E-state index contributed by atoms with van der Waals surface area (Å²) in [6, 6.07) is 5.34. The molecular weight excluding hydrogens is 323 g/mol. The number of sulfonamides is 1. The summed E-state index contributed by atoms with van der Waals surface area (Å²) in [5.41, 5.74) is 0.910. The molecule has 0 aliphatic carbocycles. The van der Waals surface area contributed by atoms with Gasteiger partial charge in [-0.15, -0.1) is 11.8 Å². The van der Waals surface area contributed by atoms with Crippen molar-refractivity contribution in [3.63, 3.8) is 0 Å². The fourth-order valence-corrected chi connectivity index (χ4v) is 4.05. The largest absolute Gasteiger partial charge is 0.310 e. The molecule has 0 amide bonds. The molecular formula is C15H23FN2O2S2. The van der Waals surface area contributed by atoms with Crippen LogP contribution in [0.3, 0.4) is 0 Å². The molecule has 0 radical (unpaired) electrons. The highest BCUT2D eigenvalue weighted by atomic mass is 32.2. The lowest BCUT2D eigenvalue weighted by Crippen LogP contribution is -2.31. The highest BCUT2D eigenvalue weighted by Gasteiger charge is 2.28. The third kappa shape index (κ3) is 4.44. The minimum atomic E-state index is -3.09. The Bertz CT molecular complexity index is 622. The summed E-state index contributed by atoms with van der Waals surface area (Å²) in [6.45, 7) is 3.89. The molecule has 0 bridgehead atoms. The topological polar surface area (TPSA) is 49.4 Å². The molecule has 1 aliphatic rings. The van der Waals surface area contributed by atoms with E-state index in [1.165, 1.54) is 22.3 Å². The van der Waals surface area contributed by atoms with Crippen molar-refractivity contribution in [1.29, 1.82) is 0 Å². The highest BCUT2D eigenvalue weighted by molar-refractivity contribution is 7.98. The normalized spacial score (nSPS) is 21.2. The van der Waals surface area contributed by atoms with Crippen LogP contribution in [-0.2, 0) is 10.0 Å². The van der Waals surface area contributed by atoms with Gasteiger partial charge in [-0.25, -0.2) is 17.1 Å². The van der Waals surface area contributed by atoms with Gasteiger partial charge in [0, 0.05) is 24.0 Å². The van der Waals surface area contributed by atoms with Gasteiger partial charge in [0.2, 0.25) is 10.0 Å². The molecule has 1 aromatic carbocycles. The van der Waals surface area contributed by atoms with E-state index in [1.807, 2.05) is 19.2 Å². The van der Waals surface area contributed by atoms with E-state index in [0.717, 1.165) is 18.5 Å². The maximum absolute atomic E-state index is 13.8. The molecule has 0 saturated carbocycles. The molecule has 1 aliphatic heterocycles. The molecule has 4 nitrogen and oxygen atoms in total. The van der Waals surface area contributed by atoms with Gasteiger partial charge < -0.3 is 5.32 Å². The summed E-state index contributed by atoms with van der Waals surface area (Å²) in [5.74, 6) is 0.121. The van der Waals surface area contributed by atoms with Gasteiger partial charge in [-0.05, 0) is 49.8 Å². The second-order valence-electron chi connectivity index (χ2n) is 5.80. The maximum atomic E-state index is 13.8. The molecule has 0 aromatic heterocycles. The predicted octanol–water partition coefficient (Wildman–Crippen LogP) is 2.48. The second-order valence-corrected chi connectivity index (χ2v) is 8.63. The Morgan fingerprint density at radius 2 is 2.23 bits per heavy atom. The average molecular weight is 346 g/mol. The van der Waals surface area contributed by atoms with Crippen LogP contribution in [0.2, 0.25) is 0 Å². The number of rotatable bonds is 6. The fourth-order valence-electron chi connectivity index (χ4n) is 2.68. The fraction of sp³-hybridized carbons (Fsp3) is 0.600. The van der Waals surface area contributed by atoms with Gasteiger partial charge in [-0.2, -0.15) is 0 Å². The summed E-state index contributed by atoms with van der Waals surface area (Å²) in [6.07, 6.45) is 3.97. The van der Waals surface area contributed by atoms with Crippen LogP contribution in [0, 0.1) is 11.7 Å². The Kier molecular flexibility index (Phi) is 5.87. The zero-order valence-electron chi connectivity index (χ0n) is 13.2. The number of benzene rings is 1. The van der Waals surface area contributed by atoms with Crippen LogP contribution in [-0.4, -0.2) is 44.9 Å². The Morgan fingerprint density at radius 1 is 1.50 bits per heavy atom. The summed E-state index contributed by atoms with van der Waals surface area (Å²) >= 11 is 1.39. The SMILES string of the molecule is CSc1ccc(C(C)NCC2CCN(S(C)(=O)=O)C2)cc1F. The summed E-state index contributed by atoms with van der Waals surface area (Å²) in [5, 5.41) is 3.38. The molecule has 1 fully saturated rings. The summed E-state index contributed by atoms with van der Waals surface area (Å²) in [7, 11) is -3.09. The van der Waals surface area contributed by atoms with Crippen LogP contribution >= 0.6 is 11.8 Å². The first-order valence-electron chi connectivity index (χ1n) is 7.33. The van der Waals surface area contributed by atoms with Gasteiger partial charge in [-0.1, -0.05) is 6.07 Å². The minimum Gasteiger partial charge on any atom is -0.310 e. The van der Waals surface area contributed by atoms with Crippen LogP contribution in [0.25, 0.3) is 0 Å². The highest BCUT2D eigenvalue weighted by Crippen LogP contribution is 2.24. The maximum Gasteiger partial charge on any atom is 0.211 e. The smallest absolute Gasteiger partial charge is 0.211 e. The van der Waals surface area contributed by atoms with E-state index in [0.29, 0.717) is 23.9 Å². The molecule has 2 atom stereocenters. The molecule has 2 unspecified atom stereocenters. The lowest BCUT2D eigenvalue weighted by molar-refractivity contribution is 0.432. The van der Waals surface area contributed by atoms with E-state index in [-0.39, 0.29) is 11.9 Å². The predicted molar refractivity (Wildman–Crippen MR) is 89.1 cm³/mol. The van der Waals surface area contributed by atoms with Gasteiger partial charge in [0.05, 0.1) is 6.26 Å². The molecule has 22 heavy (non-hydrogen) atoms. The van der Waals surface area contributed by atoms with E-state index >= 15 is 0 Å². The summed E-state index contributed by atoms with van der Waals surface area (Å²) < 4.78 is 38.3. The first-order valence-corrected chi connectivity index (χ1v) is 10.4. The van der Waals surface area contributed by atoms with Crippen LogP contribution in [0.1, 0.15) is 24.9 Å².